The molecule has 0 heterocycles. The van der Waals surface area contributed by atoms with Crippen molar-refractivity contribution in [2.75, 3.05) is 19.8 Å². The van der Waals surface area contributed by atoms with E-state index < -0.39 is 55.0 Å². The van der Waals surface area contributed by atoms with Gasteiger partial charge in [0.1, 0.15) is 17.5 Å². The summed E-state index contributed by atoms with van der Waals surface area (Å²) < 4.78 is 10.5. The summed E-state index contributed by atoms with van der Waals surface area (Å²) in [6.45, 7) is -0.730. The van der Waals surface area contributed by atoms with E-state index in [2.05, 4.69) is 10.6 Å². The van der Waals surface area contributed by atoms with Gasteiger partial charge in [0.2, 0.25) is 11.8 Å². The fourth-order valence-corrected chi connectivity index (χ4v) is 4.91. The summed E-state index contributed by atoms with van der Waals surface area (Å²) in [4.78, 5) is 62.2. The van der Waals surface area contributed by atoms with Crippen LogP contribution in [0.3, 0.4) is 0 Å². The molecule has 16 heteroatoms. The van der Waals surface area contributed by atoms with E-state index >= 15 is 0 Å². The molecule has 11 N–H and O–H groups in total. The van der Waals surface area contributed by atoms with Crippen LogP contribution in [0.5, 0.6) is 11.5 Å². The maximum Gasteiger partial charge on any atom is 0.341 e. The minimum absolute atomic E-state index is 0.0355. The Kier molecular flexibility index (Phi) is 13.7. The molecule has 0 radical (unpaired) electrons. The van der Waals surface area contributed by atoms with Crippen LogP contribution in [0, 0.1) is 5.41 Å². The Hall–Kier alpha value is -6.32. The number of carboxylic acid groups (broad SMARTS) is 2. The summed E-state index contributed by atoms with van der Waals surface area (Å²) in [5.74, 6) is -4.33. The lowest BCUT2D eigenvalue weighted by Crippen LogP contribution is -2.49. The second-order valence-corrected chi connectivity index (χ2v) is 10.8. The van der Waals surface area contributed by atoms with Gasteiger partial charge in [0.15, 0.2) is 19.2 Å². The van der Waals surface area contributed by atoms with Gasteiger partial charge in [0.25, 0.3) is 0 Å². The zero-order valence-electron chi connectivity index (χ0n) is 26.5. The highest BCUT2D eigenvalue weighted by Crippen LogP contribution is 2.32. The van der Waals surface area contributed by atoms with Gasteiger partial charge < -0.3 is 52.4 Å². The molecular formula is C33H39N7O9. The molecular weight excluding hydrogens is 638 g/mol. The van der Waals surface area contributed by atoms with Gasteiger partial charge in [0.05, 0.1) is 5.92 Å². The lowest BCUT2D eigenvalue weighted by molar-refractivity contribution is -0.141. The number of ether oxygens (including phenoxy) is 2. The van der Waals surface area contributed by atoms with Gasteiger partial charge in [-0.1, -0.05) is 48.5 Å². The summed E-state index contributed by atoms with van der Waals surface area (Å²) in [6.07, 6.45) is 0.475. The highest BCUT2D eigenvalue weighted by Gasteiger charge is 2.34. The van der Waals surface area contributed by atoms with Crippen LogP contribution in [0.2, 0.25) is 0 Å². The van der Waals surface area contributed by atoms with Crippen molar-refractivity contribution in [3.63, 3.8) is 0 Å². The molecule has 49 heavy (non-hydrogen) atoms. The first-order valence-electron chi connectivity index (χ1n) is 15.0. The third-order valence-corrected chi connectivity index (χ3v) is 7.20. The number of benzene rings is 3. The average molecular weight is 678 g/mol. The van der Waals surface area contributed by atoms with Crippen LogP contribution >= 0.6 is 0 Å². The van der Waals surface area contributed by atoms with Crippen molar-refractivity contribution in [1.29, 1.82) is 5.41 Å². The predicted octanol–water partition coefficient (Wildman–Crippen LogP) is 1.06. The van der Waals surface area contributed by atoms with Gasteiger partial charge in [-0.2, -0.15) is 0 Å². The van der Waals surface area contributed by atoms with Crippen LogP contribution in [0.4, 0.5) is 4.79 Å². The van der Waals surface area contributed by atoms with Crippen LogP contribution in [0.25, 0.3) is 0 Å². The Bertz CT molecular complexity index is 1550. The number of primary amides is 2. The van der Waals surface area contributed by atoms with E-state index in [1.165, 1.54) is 29.2 Å². The molecule has 0 unspecified atom stereocenters. The van der Waals surface area contributed by atoms with E-state index in [4.69, 9.17) is 42.3 Å². The molecule has 0 saturated heterocycles. The van der Waals surface area contributed by atoms with Crippen molar-refractivity contribution in [2.24, 2.45) is 17.2 Å². The third kappa shape index (κ3) is 12.1. The minimum atomic E-state index is -1.16. The monoisotopic (exact) mass is 677 g/mol. The standard InChI is InChI=1S/C33H39N7O9/c34-30(45)26(2-1-15-38-32(35)36)40(17-21-5-3-20(4-6-21)16-39-33(37)47)31(46)29(22-7-11-24(12-8-22)48-18-27(41)42)23-9-13-25(14-10-23)49-19-28(43)44/h3-14,26,29H,1-2,15-19H2,(H2,34,45)(H,41,42)(H,43,44)(H4,35,36,38)(H3,37,39,47)/t26-/m1/s1. The number of nitrogens with one attached hydrogen (secondary N) is 3. The molecule has 0 aliphatic carbocycles. The fraction of sp³-hybridized carbons (Fsp3) is 0.273. The number of guanidine groups is 1. The van der Waals surface area contributed by atoms with Crippen LogP contribution in [0.15, 0.2) is 72.8 Å². The number of nitrogens with two attached hydrogens (primary N) is 3. The Labute approximate surface area is 281 Å². The number of carboxylic acids is 2. The van der Waals surface area contributed by atoms with E-state index in [9.17, 15) is 24.0 Å². The molecule has 0 aliphatic rings. The zero-order chi connectivity index (χ0) is 35.9. The summed E-state index contributed by atoms with van der Waals surface area (Å²) in [5.41, 5.74) is 18.8. The van der Waals surface area contributed by atoms with Crippen molar-refractivity contribution < 1.29 is 43.7 Å². The molecule has 3 rings (SSSR count). The molecule has 4 amide bonds. The Morgan fingerprint density at radius 1 is 0.735 bits per heavy atom. The number of urea groups is 1. The van der Waals surface area contributed by atoms with Crippen molar-refractivity contribution in [3.05, 3.63) is 95.1 Å². The summed E-state index contributed by atoms with van der Waals surface area (Å²) in [5, 5.41) is 30.5. The molecule has 0 saturated carbocycles. The first kappa shape index (κ1) is 37.1. The van der Waals surface area contributed by atoms with Gasteiger partial charge in [0, 0.05) is 19.6 Å². The van der Waals surface area contributed by atoms with E-state index in [1.54, 1.807) is 48.5 Å². The molecule has 0 spiro atoms. The second kappa shape index (κ2) is 18.1. The maximum absolute atomic E-state index is 14.7. The van der Waals surface area contributed by atoms with Crippen molar-refractivity contribution in [1.82, 2.24) is 15.5 Å². The van der Waals surface area contributed by atoms with Crippen LogP contribution in [-0.4, -0.2) is 76.7 Å². The Morgan fingerprint density at radius 2 is 1.22 bits per heavy atom. The molecule has 16 nitrogen and oxygen atoms in total. The SMILES string of the molecule is N=C(N)NCCC[C@H](C(N)=O)N(Cc1ccc(CNC(N)=O)cc1)C(=O)C(c1ccc(OCC(=O)O)cc1)c1ccc(OCC(=O)O)cc1. The first-order valence-corrected chi connectivity index (χ1v) is 15.0. The van der Waals surface area contributed by atoms with Gasteiger partial charge >= 0.3 is 18.0 Å². The summed E-state index contributed by atoms with van der Waals surface area (Å²) in [7, 11) is 0. The number of nitrogens with zero attached hydrogens (tertiary/aromatic N) is 1. The number of aliphatic carboxylic acids is 2. The smallest absolute Gasteiger partial charge is 0.341 e. The second-order valence-electron chi connectivity index (χ2n) is 10.8. The summed E-state index contributed by atoms with van der Waals surface area (Å²) >= 11 is 0. The van der Waals surface area contributed by atoms with E-state index in [-0.39, 0.29) is 43.5 Å². The van der Waals surface area contributed by atoms with E-state index in [0.717, 1.165) is 5.56 Å². The average Bonchev–Trinajstić information content (AvgIpc) is 3.06. The topological polar surface area (TPSA) is 273 Å². The molecule has 1 atom stereocenters. The van der Waals surface area contributed by atoms with Crippen molar-refractivity contribution >= 4 is 35.7 Å². The Balaban J connectivity index is 2.06. The van der Waals surface area contributed by atoms with Gasteiger partial charge in [-0.3, -0.25) is 15.0 Å². The van der Waals surface area contributed by atoms with Crippen molar-refractivity contribution in [2.45, 2.75) is 37.9 Å². The number of rotatable bonds is 19. The van der Waals surface area contributed by atoms with E-state index in [1.807, 2.05) is 0 Å². The third-order valence-electron chi connectivity index (χ3n) is 7.20. The normalized spacial score (nSPS) is 11.2. The van der Waals surface area contributed by atoms with Gasteiger partial charge in [-0.05, 0) is 59.4 Å². The number of hydrogen-bond donors (Lipinski definition) is 8. The van der Waals surface area contributed by atoms with Crippen LogP contribution in [0.1, 0.15) is 41.0 Å². The molecule has 0 aliphatic heterocycles. The zero-order valence-corrected chi connectivity index (χ0v) is 26.5. The largest absolute Gasteiger partial charge is 0.482 e. The van der Waals surface area contributed by atoms with Gasteiger partial charge in [-0.25, -0.2) is 14.4 Å². The fourth-order valence-electron chi connectivity index (χ4n) is 4.91. The lowest BCUT2D eigenvalue weighted by atomic mass is 9.88. The van der Waals surface area contributed by atoms with Crippen molar-refractivity contribution in [3.8, 4) is 11.5 Å². The van der Waals surface area contributed by atoms with Crippen LogP contribution in [-0.2, 0) is 32.3 Å². The predicted molar refractivity (Wildman–Crippen MR) is 177 cm³/mol. The van der Waals surface area contributed by atoms with Gasteiger partial charge in [-0.15, -0.1) is 0 Å². The Morgan fingerprint density at radius 3 is 1.65 bits per heavy atom. The minimum Gasteiger partial charge on any atom is -0.482 e. The molecule has 3 aromatic rings. The summed E-state index contributed by atoms with van der Waals surface area (Å²) in [6, 6.07) is 17.7. The maximum atomic E-state index is 14.7. The number of amides is 4. The molecule has 260 valence electrons. The molecule has 0 bridgehead atoms. The number of carbonyl (C=O) groups is 5. The quantitative estimate of drug-likeness (QED) is 0.0505. The highest BCUT2D eigenvalue weighted by molar-refractivity contribution is 5.92. The highest BCUT2D eigenvalue weighted by atomic mass is 16.5. The first-order chi connectivity index (χ1) is 23.3. The number of carbonyl (C=O) groups excluding carboxylic acids is 3. The van der Waals surface area contributed by atoms with Crippen LogP contribution < -0.4 is 37.3 Å². The number of hydrogen-bond acceptors (Lipinski definition) is 8. The van der Waals surface area contributed by atoms with E-state index in [0.29, 0.717) is 23.1 Å². The lowest BCUT2D eigenvalue weighted by Gasteiger charge is -2.33. The molecule has 0 fully saturated rings. The molecule has 0 aromatic heterocycles. The molecule has 3 aromatic carbocycles.